The monoisotopic (exact) mass is 386 g/mol. The van der Waals surface area contributed by atoms with Crippen molar-refractivity contribution < 1.29 is 19.5 Å². The van der Waals surface area contributed by atoms with Gasteiger partial charge in [-0.15, -0.1) is 0 Å². The second-order valence-electron chi connectivity index (χ2n) is 8.12. The van der Waals surface area contributed by atoms with E-state index in [9.17, 15) is 9.90 Å². The molecule has 6 heteroatoms. The molecule has 1 saturated heterocycles. The lowest BCUT2D eigenvalue weighted by molar-refractivity contribution is -0.134. The van der Waals surface area contributed by atoms with Crippen LogP contribution < -0.4 is 4.74 Å². The van der Waals surface area contributed by atoms with Gasteiger partial charge in [0.05, 0.1) is 24.8 Å². The van der Waals surface area contributed by atoms with Crippen LogP contribution in [0.3, 0.4) is 0 Å². The van der Waals surface area contributed by atoms with Crippen LogP contribution in [0.1, 0.15) is 68.9 Å². The number of ether oxygens (including phenoxy) is 1. The molecule has 152 valence electrons. The predicted octanol–water partition coefficient (Wildman–Crippen LogP) is 3.40. The quantitative estimate of drug-likeness (QED) is 0.813. The first-order valence-corrected chi connectivity index (χ1v) is 10.6. The summed E-state index contributed by atoms with van der Waals surface area (Å²) in [5.41, 5.74) is 2.59. The first kappa shape index (κ1) is 19.2. The van der Waals surface area contributed by atoms with Gasteiger partial charge in [-0.1, -0.05) is 17.3 Å². The Bertz CT molecular complexity index is 721. The Morgan fingerprint density at radius 3 is 2.71 bits per heavy atom. The van der Waals surface area contributed by atoms with Crippen molar-refractivity contribution >= 4 is 11.6 Å². The molecule has 0 radical (unpaired) electrons. The zero-order valence-corrected chi connectivity index (χ0v) is 16.4. The Labute approximate surface area is 166 Å². The van der Waals surface area contributed by atoms with E-state index in [0.29, 0.717) is 12.8 Å². The largest absolute Gasteiger partial charge is 0.490 e. The van der Waals surface area contributed by atoms with Crippen LogP contribution in [0, 0.1) is 0 Å². The normalized spacial score (nSPS) is 22.8. The van der Waals surface area contributed by atoms with E-state index in [2.05, 4.69) is 5.16 Å². The average molecular weight is 386 g/mol. The summed E-state index contributed by atoms with van der Waals surface area (Å²) >= 11 is 0. The first-order chi connectivity index (χ1) is 13.7. The van der Waals surface area contributed by atoms with Crippen LogP contribution in [-0.4, -0.2) is 46.9 Å². The molecule has 28 heavy (non-hydrogen) atoms. The molecule has 1 aromatic carbocycles. The highest BCUT2D eigenvalue weighted by Crippen LogP contribution is 2.29. The molecule has 2 fully saturated rings. The number of amides is 1. The fourth-order valence-corrected chi connectivity index (χ4v) is 4.34. The third-order valence-electron chi connectivity index (χ3n) is 6.01. The van der Waals surface area contributed by atoms with Crippen LogP contribution in [0.2, 0.25) is 0 Å². The third-order valence-corrected chi connectivity index (χ3v) is 6.01. The molecule has 1 unspecified atom stereocenters. The van der Waals surface area contributed by atoms with Crippen molar-refractivity contribution in [2.75, 3.05) is 13.1 Å². The molecule has 1 saturated carbocycles. The van der Waals surface area contributed by atoms with Crippen LogP contribution in [0.4, 0.5) is 0 Å². The Hall–Kier alpha value is -2.08. The van der Waals surface area contributed by atoms with Gasteiger partial charge in [0.15, 0.2) is 0 Å². The second-order valence-corrected chi connectivity index (χ2v) is 8.12. The van der Waals surface area contributed by atoms with Gasteiger partial charge in [-0.2, -0.15) is 0 Å². The molecule has 4 rings (SSSR count). The van der Waals surface area contributed by atoms with Crippen molar-refractivity contribution in [3.05, 3.63) is 29.3 Å². The number of carbonyl (C=O) groups excluding carboxylic acids is 1. The minimum Gasteiger partial charge on any atom is -0.490 e. The minimum atomic E-state index is -0.193. The van der Waals surface area contributed by atoms with Gasteiger partial charge in [0.1, 0.15) is 11.9 Å². The molecule has 2 heterocycles. The number of rotatable bonds is 6. The highest BCUT2D eigenvalue weighted by molar-refractivity contribution is 6.02. The van der Waals surface area contributed by atoms with Crippen molar-refractivity contribution in [3.8, 4) is 5.75 Å². The number of hydrogen-bond acceptors (Lipinski definition) is 5. The smallest absolute Gasteiger partial charge is 0.226 e. The number of piperidine rings is 1. The lowest BCUT2D eigenvalue weighted by Crippen LogP contribution is -2.37. The molecule has 2 aliphatic heterocycles. The molecule has 0 aromatic heterocycles. The summed E-state index contributed by atoms with van der Waals surface area (Å²) in [6, 6.07) is 5.80. The maximum atomic E-state index is 12.5. The fraction of sp³-hybridized carbons (Fsp3) is 0.636. The standard InChI is InChI=1S/C22H30N2O4/c25-15-17-9-8-16(12-21(17)27-18-6-2-3-7-18)20-13-19(28-23-20)14-22(26)24-10-4-1-5-11-24/h8-9,12,18-19,25H,1-7,10-11,13-15H2. The molecular formula is C22H30N2O4. The second kappa shape index (κ2) is 8.95. The van der Waals surface area contributed by atoms with E-state index in [4.69, 9.17) is 9.57 Å². The molecule has 1 amide bonds. The maximum absolute atomic E-state index is 12.5. The van der Waals surface area contributed by atoms with Gasteiger partial charge < -0.3 is 19.6 Å². The van der Waals surface area contributed by atoms with Gasteiger partial charge in [0.2, 0.25) is 5.91 Å². The summed E-state index contributed by atoms with van der Waals surface area (Å²) in [5, 5.41) is 13.9. The van der Waals surface area contributed by atoms with E-state index in [1.165, 1.54) is 19.3 Å². The van der Waals surface area contributed by atoms with Crippen LogP contribution in [0.5, 0.6) is 5.75 Å². The van der Waals surface area contributed by atoms with Crippen LogP contribution in [0.25, 0.3) is 0 Å². The number of aliphatic hydroxyl groups excluding tert-OH is 1. The van der Waals surface area contributed by atoms with Gasteiger partial charge in [0.25, 0.3) is 0 Å². The number of carbonyl (C=O) groups is 1. The van der Waals surface area contributed by atoms with E-state index < -0.39 is 0 Å². The van der Waals surface area contributed by atoms with E-state index in [1.807, 2.05) is 23.1 Å². The maximum Gasteiger partial charge on any atom is 0.226 e. The SMILES string of the molecule is O=C(CC1CC(c2ccc(CO)c(OC3CCCC3)c2)=NO1)N1CCCCC1. The van der Waals surface area contributed by atoms with E-state index >= 15 is 0 Å². The van der Waals surface area contributed by atoms with Crippen molar-refractivity contribution in [1.29, 1.82) is 0 Å². The van der Waals surface area contributed by atoms with Crippen molar-refractivity contribution in [2.24, 2.45) is 5.16 Å². The Balaban J connectivity index is 1.38. The molecular weight excluding hydrogens is 356 g/mol. The number of oxime groups is 1. The number of hydrogen-bond donors (Lipinski definition) is 1. The summed E-state index contributed by atoms with van der Waals surface area (Å²) in [5.74, 6) is 0.907. The number of aliphatic hydroxyl groups is 1. The molecule has 3 aliphatic rings. The lowest BCUT2D eigenvalue weighted by atomic mass is 10.0. The fourth-order valence-electron chi connectivity index (χ4n) is 4.34. The van der Waals surface area contributed by atoms with Crippen LogP contribution in [-0.2, 0) is 16.2 Å². The predicted molar refractivity (Wildman–Crippen MR) is 106 cm³/mol. The molecule has 0 bridgehead atoms. The van der Waals surface area contributed by atoms with Gasteiger partial charge in [-0.25, -0.2) is 0 Å². The summed E-state index contributed by atoms with van der Waals surface area (Å²) in [6.45, 7) is 1.69. The van der Waals surface area contributed by atoms with Gasteiger partial charge >= 0.3 is 0 Å². The van der Waals surface area contributed by atoms with Crippen molar-refractivity contribution in [1.82, 2.24) is 4.90 Å². The van der Waals surface area contributed by atoms with E-state index in [-0.39, 0.29) is 24.7 Å². The summed E-state index contributed by atoms with van der Waals surface area (Å²) < 4.78 is 6.15. The Morgan fingerprint density at radius 1 is 1.18 bits per heavy atom. The average Bonchev–Trinajstić information content (AvgIpc) is 3.41. The van der Waals surface area contributed by atoms with E-state index in [1.54, 1.807) is 0 Å². The zero-order valence-electron chi connectivity index (χ0n) is 16.4. The first-order valence-electron chi connectivity index (χ1n) is 10.6. The van der Waals surface area contributed by atoms with Crippen molar-refractivity contribution in [3.63, 3.8) is 0 Å². The number of benzene rings is 1. The van der Waals surface area contributed by atoms with Gasteiger partial charge in [-0.05, 0) is 51.0 Å². The van der Waals surface area contributed by atoms with Crippen LogP contribution in [0.15, 0.2) is 23.4 Å². The van der Waals surface area contributed by atoms with E-state index in [0.717, 1.165) is 61.4 Å². The third kappa shape index (κ3) is 4.49. The highest BCUT2D eigenvalue weighted by atomic mass is 16.6. The zero-order chi connectivity index (χ0) is 19.3. The minimum absolute atomic E-state index is 0.0434. The molecule has 1 aliphatic carbocycles. The number of likely N-dealkylation sites (tertiary alicyclic amines) is 1. The Kier molecular flexibility index (Phi) is 6.15. The summed E-state index contributed by atoms with van der Waals surface area (Å²) in [6.07, 6.45) is 9.00. The molecule has 1 aromatic rings. The molecule has 6 nitrogen and oxygen atoms in total. The van der Waals surface area contributed by atoms with Gasteiger partial charge in [-0.3, -0.25) is 4.79 Å². The van der Waals surface area contributed by atoms with Crippen molar-refractivity contribution in [2.45, 2.75) is 76.6 Å². The Morgan fingerprint density at radius 2 is 1.96 bits per heavy atom. The molecule has 0 spiro atoms. The lowest BCUT2D eigenvalue weighted by Gasteiger charge is -2.27. The summed E-state index contributed by atoms with van der Waals surface area (Å²) in [7, 11) is 0. The highest BCUT2D eigenvalue weighted by Gasteiger charge is 2.28. The van der Waals surface area contributed by atoms with Gasteiger partial charge in [0, 0.05) is 30.6 Å². The molecule has 1 atom stereocenters. The van der Waals surface area contributed by atoms with Crippen LogP contribution >= 0.6 is 0 Å². The topological polar surface area (TPSA) is 71.4 Å². The number of nitrogens with zero attached hydrogens (tertiary/aromatic N) is 2. The molecule has 1 N–H and O–H groups in total. The summed E-state index contributed by atoms with van der Waals surface area (Å²) in [4.78, 5) is 20.0.